The third-order valence-corrected chi connectivity index (χ3v) is 7.72. The Morgan fingerprint density at radius 1 is 0.737 bits per heavy atom. The molecule has 2 atom stereocenters. The fourth-order valence-corrected chi connectivity index (χ4v) is 5.73. The quantitative estimate of drug-likeness (QED) is 0.295. The molecule has 0 saturated carbocycles. The lowest BCUT2D eigenvalue weighted by Gasteiger charge is -2.19. The van der Waals surface area contributed by atoms with Gasteiger partial charge >= 0.3 is 0 Å². The highest BCUT2D eigenvalue weighted by molar-refractivity contribution is 5.89. The number of likely N-dealkylation sites (N-methyl/N-ethyl adjacent to an activating group) is 1. The molecule has 2 saturated heterocycles. The van der Waals surface area contributed by atoms with Crippen LogP contribution in [-0.4, -0.2) is 53.0 Å². The standard InChI is InChI=1S/C28H32N4.3C2H6/c1-31-13-3-5-24(31)16-19-7-8-21-17-22(10-9-20(21)15-19)23-11-12-25-26(18-23)30-28(29-25)27-6-4-14-32(27)2;3*1-2/h7-12,15,17-18,24,27H,3-6,13-14,16H2,1-2H3,(H,29,30);3*1-2H3. The third-order valence-electron chi connectivity index (χ3n) is 7.72. The molecule has 2 fully saturated rings. The number of aromatic amines is 1. The van der Waals surface area contributed by atoms with Gasteiger partial charge in [0.15, 0.2) is 0 Å². The predicted octanol–water partition coefficient (Wildman–Crippen LogP) is 8.87. The predicted molar refractivity (Wildman–Crippen MR) is 167 cm³/mol. The summed E-state index contributed by atoms with van der Waals surface area (Å²) in [5.74, 6) is 1.11. The summed E-state index contributed by atoms with van der Waals surface area (Å²) in [6.45, 7) is 14.4. The number of aromatic nitrogens is 2. The smallest absolute Gasteiger partial charge is 0.124 e. The zero-order chi connectivity index (χ0) is 27.7. The summed E-state index contributed by atoms with van der Waals surface area (Å²) in [5, 5.41) is 2.64. The highest BCUT2D eigenvalue weighted by atomic mass is 15.2. The number of hydrogen-bond donors (Lipinski definition) is 1. The molecular formula is C34H50N4. The van der Waals surface area contributed by atoms with Crippen molar-refractivity contribution >= 4 is 21.8 Å². The van der Waals surface area contributed by atoms with Crippen LogP contribution in [0.1, 0.15) is 84.7 Å². The maximum absolute atomic E-state index is 4.89. The molecular weight excluding hydrogens is 464 g/mol. The van der Waals surface area contributed by atoms with Crippen LogP contribution in [-0.2, 0) is 6.42 Å². The van der Waals surface area contributed by atoms with Crippen LogP contribution in [0, 0.1) is 0 Å². The summed E-state index contributed by atoms with van der Waals surface area (Å²) in [6.07, 6.45) is 6.25. The average Bonchev–Trinajstić information content (AvgIpc) is 3.71. The van der Waals surface area contributed by atoms with E-state index < -0.39 is 0 Å². The van der Waals surface area contributed by atoms with Crippen LogP contribution >= 0.6 is 0 Å². The van der Waals surface area contributed by atoms with Gasteiger partial charge in [-0.2, -0.15) is 0 Å². The SMILES string of the molecule is CC.CC.CC.CN1CCCC1Cc1ccc2cc(-c3ccc4nc(C5CCCN5C)[nH]c4c3)ccc2c1. The molecule has 4 heteroatoms. The second-order valence-electron chi connectivity index (χ2n) is 9.87. The lowest BCUT2D eigenvalue weighted by molar-refractivity contribution is 0.307. The van der Waals surface area contributed by atoms with E-state index in [0.29, 0.717) is 12.1 Å². The minimum atomic E-state index is 0.421. The first kappa shape index (κ1) is 29.9. The number of fused-ring (bicyclic) bond motifs is 2. The Labute approximate surface area is 231 Å². The highest BCUT2D eigenvalue weighted by Gasteiger charge is 2.25. The minimum Gasteiger partial charge on any atom is -0.341 e. The largest absolute Gasteiger partial charge is 0.341 e. The van der Waals surface area contributed by atoms with Crippen LogP contribution in [0.3, 0.4) is 0 Å². The maximum atomic E-state index is 4.89. The van der Waals surface area contributed by atoms with Crippen molar-refractivity contribution in [2.75, 3.05) is 27.2 Å². The van der Waals surface area contributed by atoms with Crippen LogP contribution in [0.15, 0.2) is 54.6 Å². The fourth-order valence-electron chi connectivity index (χ4n) is 5.73. The molecule has 4 aromatic rings. The Morgan fingerprint density at radius 3 is 2.05 bits per heavy atom. The van der Waals surface area contributed by atoms with Gasteiger partial charge in [0.05, 0.1) is 17.1 Å². The number of nitrogens with one attached hydrogen (secondary N) is 1. The van der Waals surface area contributed by atoms with E-state index in [0.717, 1.165) is 29.8 Å². The molecule has 0 bridgehead atoms. The number of nitrogens with zero attached hydrogens (tertiary/aromatic N) is 3. The maximum Gasteiger partial charge on any atom is 0.124 e. The molecule has 2 unspecified atom stereocenters. The topological polar surface area (TPSA) is 35.2 Å². The van der Waals surface area contributed by atoms with Crippen LogP contribution in [0.2, 0.25) is 0 Å². The van der Waals surface area contributed by atoms with Gasteiger partial charge in [-0.25, -0.2) is 4.98 Å². The van der Waals surface area contributed by atoms with Crippen molar-refractivity contribution in [2.45, 2.75) is 85.7 Å². The van der Waals surface area contributed by atoms with Crippen LogP contribution < -0.4 is 0 Å². The Kier molecular flexibility index (Phi) is 11.4. The molecule has 3 heterocycles. The lowest BCUT2D eigenvalue weighted by Crippen LogP contribution is -2.26. The molecule has 4 nitrogen and oxygen atoms in total. The van der Waals surface area contributed by atoms with Crippen molar-refractivity contribution in [3.05, 3.63) is 66.0 Å². The van der Waals surface area contributed by atoms with Crippen LogP contribution in [0.5, 0.6) is 0 Å². The van der Waals surface area contributed by atoms with Gasteiger partial charge in [-0.05, 0) is 105 Å². The van der Waals surface area contributed by atoms with Crippen molar-refractivity contribution in [2.24, 2.45) is 0 Å². The van der Waals surface area contributed by atoms with Gasteiger partial charge < -0.3 is 9.88 Å². The number of rotatable bonds is 4. The Balaban J connectivity index is 0.000000625. The van der Waals surface area contributed by atoms with Gasteiger partial charge in [0.2, 0.25) is 0 Å². The van der Waals surface area contributed by atoms with Gasteiger partial charge in [0, 0.05) is 6.04 Å². The van der Waals surface area contributed by atoms with Crippen molar-refractivity contribution in [1.29, 1.82) is 0 Å². The number of hydrogen-bond acceptors (Lipinski definition) is 3. The molecule has 0 amide bonds. The summed E-state index contributed by atoms with van der Waals surface area (Å²) in [5.41, 5.74) is 6.15. The fraction of sp³-hybridized carbons (Fsp3) is 0.500. The van der Waals surface area contributed by atoms with E-state index in [2.05, 4.69) is 83.5 Å². The molecule has 6 rings (SSSR count). The highest BCUT2D eigenvalue weighted by Crippen LogP contribution is 2.32. The van der Waals surface area contributed by atoms with Crippen molar-refractivity contribution in [1.82, 2.24) is 19.8 Å². The summed E-state index contributed by atoms with van der Waals surface area (Å²) < 4.78 is 0. The summed E-state index contributed by atoms with van der Waals surface area (Å²) in [4.78, 5) is 13.4. The first-order valence-corrected chi connectivity index (χ1v) is 15.1. The van der Waals surface area contributed by atoms with E-state index in [4.69, 9.17) is 4.98 Å². The monoisotopic (exact) mass is 514 g/mol. The zero-order valence-electron chi connectivity index (χ0n) is 25.1. The van der Waals surface area contributed by atoms with Crippen molar-refractivity contribution in [3.63, 3.8) is 0 Å². The molecule has 0 radical (unpaired) electrons. The molecule has 206 valence electrons. The summed E-state index contributed by atoms with van der Waals surface area (Å²) in [6, 6.07) is 21.6. The van der Waals surface area contributed by atoms with E-state index in [1.54, 1.807) is 0 Å². The molecule has 1 N–H and O–H groups in total. The van der Waals surface area contributed by atoms with E-state index in [1.807, 2.05) is 41.5 Å². The molecule has 38 heavy (non-hydrogen) atoms. The van der Waals surface area contributed by atoms with E-state index in [1.165, 1.54) is 59.7 Å². The van der Waals surface area contributed by atoms with E-state index in [-0.39, 0.29) is 0 Å². The van der Waals surface area contributed by atoms with Crippen LogP contribution in [0.25, 0.3) is 32.9 Å². The number of H-pyrrole nitrogens is 1. The second kappa shape index (κ2) is 14.5. The molecule has 3 aromatic carbocycles. The molecule has 2 aliphatic heterocycles. The first-order chi connectivity index (χ1) is 18.6. The van der Waals surface area contributed by atoms with Gasteiger partial charge in [-0.15, -0.1) is 0 Å². The molecule has 0 aliphatic carbocycles. The Hall–Kier alpha value is -2.69. The van der Waals surface area contributed by atoms with Crippen LogP contribution in [0.4, 0.5) is 0 Å². The number of imidazole rings is 1. The van der Waals surface area contributed by atoms with Gasteiger partial charge in [0.25, 0.3) is 0 Å². The van der Waals surface area contributed by atoms with Gasteiger partial charge in [-0.1, -0.05) is 77.9 Å². The van der Waals surface area contributed by atoms with Crippen molar-refractivity contribution < 1.29 is 0 Å². The lowest BCUT2D eigenvalue weighted by atomic mass is 9.97. The summed E-state index contributed by atoms with van der Waals surface area (Å²) in [7, 11) is 4.46. The average molecular weight is 515 g/mol. The minimum absolute atomic E-state index is 0.421. The normalized spacial score (nSPS) is 19.4. The van der Waals surface area contributed by atoms with E-state index in [9.17, 15) is 0 Å². The number of benzene rings is 3. The van der Waals surface area contributed by atoms with Crippen molar-refractivity contribution in [3.8, 4) is 11.1 Å². The number of likely N-dealkylation sites (tertiary alicyclic amines) is 2. The van der Waals surface area contributed by atoms with Gasteiger partial charge in [0.1, 0.15) is 5.82 Å². The third kappa shape index (κ3) is 6.65. The second-order valence-corrected chi connectivity index (χ2v) is 9.87. The zero-order valence-corrected chi connectivity index (χ0v) is 25.1. The van der Waals surface area contributed by atoms with E-state index >= 15 is 0 Å². The molecule has 0 spiro atoms. The molecule has 1 aromatic heterocycles. The summed E-state index contributed by atoms with van der Waals surface area (Å²) >= 11 is 0. The van der Waals surface area contributed by atoms with Gasteiger partial charge in [-0.3, -0.25) is 4.90 Å². The Morgan fingerprint density at radius 2 is 1.37 bits per heavy atom. The first-order valence-electron chi connectivity index (χ1n) is 15.1. The molecule has 2 aliphatic rings. The Bertz CT molecular complexity index is 1270.